The number of nitrogens with one attached hydrogen (secondary N) is 1. The first-order valence-corrected chi connectivity index (χ1v) is 5.08. The average Bonchev–Trinajstić information content (AvgIpc) is 2.20. The highest BCUT2D eigenvalue weighted by atomic mass is 16.2. The molecular weight excluding hydrogens is 192 g/mol. The molecule has 2 amide bonds. The van der Waals surface area contributed by atoms with Crippen molar-refractivity contribution in [2.24, 2.45) is 0 Å². The van der Waals surface area contributed by atoms with Gasteiger partial charge in [-0.3, -0.25) is 9.59 Å². The Labute approximate surface area is 90.0 Å². The lowest BCUT2D eigenvalue weighted by Crippen LogP contribution is -2.61. The number of carbonyl (C=O) groups is 2. The Balaban J connectivity index is 2.67. The maximum Gasteiger partial charge on any atom is 0.245 e. The van der Waals surface area contributed by atoms with Crippen LogP contribution in [0.3, 0.4) is 0 Å². The zero-order valence-electron chi connectivity index (χ0n) is 9.33. The van der Waals surface area contributed by atoms with Gasteiger partial charge in [-0.05, 0) is 20.8 Å². The summed E-state index contributed by atoms with van der Waals surface area (Å²) in [7, 11) is 0. The van der Waals surface area contributed by atoms with Crippen LogP contribution < -0.4 is 5.32 Å². The Morgan fingerprint density at radius 2 is 2.07 bits per heavy atom. The number of amides is 2. The Kier molecular flexibility index (Phi) is 3.73. The molecule has 2 unspecified atom stereocenters. The number of piperazine rings is 1. The van der Waals surface area contributed by atoms with E-state index in [1.54, 1.807) is 25.7 Å². The van der Waals surface area contributed by atoms with Gasteiger partial charge in [0.15, 0.2) is 0 Å². The van der Waals surface area contributed by atoms with Crippen molar-refractivity contribution in [2.45, 2.75) is 39.3 Å². The lowest BCUT2D eigenvalue weighted by Gasteiger charge is -2.35. The molecule has 1 saturated heterocycles. The van der Waals surface area contributed by atoms with Crippen LogP contribution in [0.4, 0.5) is 0 Å². The zero-order chi connectivity index (χ0) is 11.4. The average molecular weight is 208 g/mol. The van der Waals surface area contributed by atoms with Crippen LogP contribution in [0.25, 0.3) is 0 Å². The second-order valence-electron chi connectivity index (χ2n) is 3.61. The van der Waals surface area contributed by atoms with Crippen molar-refractivity contribution in [1.82, 2.24) is 10.2 Å². The second-order valence-corrected chi connectivity index (χ2v) is 3.61. The zero-order valence-corrected chi connectivity index (χ0v) is 9.33. The molecule has 0 aromatic heterocycles. The van der Waals surface area contributed by atoms with E-state index in [4.69, 9.17) is 0 Å². The number of hydrogen-bond donors (Lipinski definition) is 1. The van der Waals surface area contributed by atoms with Crippen LogP contribution in [0.1, 0.15) is 27.2 Å². The van der Waals surface area contributed by atoms with E-state index in [1.165, 1.54) is 0 Å². The van der Waals surface area contributed by atoms with Gasteiger partial charge in [0.1, 0.15) is 12.1 Å². The van der Waals surface area contributed by atoms with Gasteiger partial charge in [0.2, 0.25) is 11.8 Å². The van der Waals surface area contributed by atoms with Gasteiger partial charge in [-0.2, -0.15) is 0 Å². The van der Waals surface area contributed by atoms with E-state index in [2.05, 4.69) is 17.2 Å². The summed E-state index contributed by atoms with van der Waals surface area (Å²) in [6, 6.07) is -0.796. The first-order valence-electron chi connectivity index (χ1n) is 5.08. The van der Waals surface area contributed by atoms with Crippen molar-refractivity contribution >= 4 is 11.8 Å². The quantitative estimate of drug-likeness (QED) is 0.656. The number of carbonyl (C=O) groups excluding carboxylic acids is 2. The summed E-state index contributed by atoms with van der Waals surface area (Å²) >= 11 is 0. The predicted octanol–water partition coefficient (Wildman–Crippen LogP) is 0.135. The maximum absolute atomic E-state index is 11.7. The van der Waals surface area contributed by atoms with Crippen LogP contribution in [-0.4, -0.2) is 35.3 Å². The Morgan fingerprint density at radius 3 is 2.67 bits per heavy atom. The first kappa shape index (κ1) is 11.6. The lowest BCUT2D eigenvalue weighted by molar-refractivity contribution is -0.147. The third kappa shape index (κ3) is 2.50. The van der Waals surface area contributed by atoms with Crippen LogP contribution in [0.15, 0.2) is 0 Å². The second kappa shape index (κ2) is 4.83. The fourth-order valence-electron chi connectivity index (χ4n) is 1.58. The summed E-state index contributed by atoms with van der Waals surface area (Å²) < 4.78 is 0. The summed E-state index contributed by atoms with van der Waals surface area (Å²) in [6.45, 7) is 5.72. The summed E-state index contributed by atoms with van der Waals surface area (Å²) in [5.74, 6) is 5.54. The largest absolute Gasteiger partial charge is 0.343 e. The third-order valence-corrected chi connectivity index (χ3v) is 2.51. The van der Waals surface area contributed by atoms with E-state index in [0.29, 0.717) is 13.0 Å². The summed E-state index contributed by atoms with van der Waals surface area (Å²) in [5, 5.41) is 2.63. The molecule has 1 fully saturated rings. The SMILES string of the molecule is CC#CCCN1C(=O)C(C)NC(=O)C1C. The molecule has 2 atom stereocenters. The third-order valence-electron chi connectivity index (χ3n) is 2.51. The molecule has 0 aromatic carbocycles. The van der Waals surface area contributed by atoms with E-state index in [9.17, 15) is 9.59 Å². The molecule has 0 saturated carbocycles. The van der Waals surface area contributed by atoms with Gasteiger partial charge in [-0.1, -0.05) is 0 Å². The molecule has 0 spiro atoms. The predicted molar refractivity (Wildman–Crippen MR) is 56.8 cm³/mol. The van der Waals surface area contributed by atoms with Crippen molar-refractivity contribution in [3.05, 3.63) is 0 Å². The van der Waals surface area contributed by atoms with E-state index >= 15 is 0 Å². The van der Waals surface area contributed by atoms with Crippen LogP contribution in [0.5, 0.6) is 0 Å². The molecule has 1 aliphatic heterocycles. The van der Waals surface area contributed by atoms with Gasteiger partial charge in [-0.15, -0.1) is 11.8 Å². The van der Waals surface area contributed by atoms with Gasteiger partial charge in [0.25, 0.3) is 0 Å². The Hall–Kier alpha value is -1.50. The standard InChI is InChI=1S/C11H16N2O2/c1-4-5-6-7-13-9(3)10(14)12-8(2)11(13)15/h8-9H,6-7H2,1-3H3,(H,12,14). The summed E-state index contributed by atoms with van der Waals surface area (Å²) in [5.41, 5.74) is 0. The smallest absolute Gasteiger partial charge is 0.245 e. The molecule has 0 bridgehead atoms. The van der Waals surface area contributed by atoms with Crippen molar-refractivity contribution in [3.63, 3.8) is 0 Å². The highest BCUT2D eigenvalue weighted by molar-refractivity contribution is 5.96. The minimum Gasteiger partial charge on any atom is -0.343 e. The van der Waals surface area contributed by atoms with Crippen LogP contribution in [-0.2, 0) is 9.59 Å². The minimum absolute atomic E-state index is 0.0278. The molecule has 4 heteroatoms. The molecule has 15 heavy (non-hydrogen) atoms. The van der Waals surface area contributed by atoms with Crippen LogP contribution in [0, 0.1) is 11.8 Å². The normalized spacial score (nSPS) is 25.7. The Morgan fingerprint density at radius 1 is 1.40 bits per heavy atom. The van der Waals surface area contributed by atoms with Gasteiger partial charge in [0, 0.05) is 13.0 Å². The molecule has 1 N–H and O–H groups in total. The van der Waals surface area contributed by atoms with Gasteiger partial charge in [0.05, 0.1) is 0 Å². The molecule has 1 rings (SSSR count). The van der Waals surface area contributed by atoms with E-state index in [-0.39, 0.29) is 17.9 Å². The molecule has 0 radical (unpaired) electrons. The number of rotatable bonds is 2. The lowest BCUT2D eigenvalue weighted by atomic mass is 10.1. The number of nitrogens with zero attached hydrogens (tertiary/aromatic N) is 1. The summed E-state index contributed by atoms with van der Waals surface area (Å²) in [6.07, 6.45) is 0.618. The van der Waals surface area contributed by atoms with E-state index in [0.717, 1.165) is 0 Å². The monoisotopic (exact) mass is 208 g/mol. The number of hydrogen-bond acceptors (Lipinski definition) is 2. The van der Waals surface area contributed by atoms with Gasteiger partial charge in [-0.25, -0.2) is 0 Å². The molecule has 1 heterocycles. The highest BCUT2D eigenvalue weighted by Crippen LogP contribution is 2.09. The van der Waals surface area contributed by atoms with Crippen LogP contribution in [0.2, 0.25) is 0 Å². The molecule has 0 aromatic rings. The van der Waals surface area contributed by atoms with Crippen molar-refractivity contribution in [3.8, 4) is 11.8 Å². The van der Waals surface area contributed by atoms with Crippen molar-refractivity contribution in [2.75, 3.05) is 6.54 Å². The van der Waals surface area contributed by atoms with E-state index in [1.807, 2.05) is 0 Å². The van der Waals surface area contributed by atoms with Crippen molar-refractivity contribution in [1.29, 1.82) is 0 Å². The molecule has 1 aliphatic rings. The molecule has 4 nitrogen and oxygen atoms in total. The van der Waals surface area contributed by atoms with Gasteiger partial charge < -0.3 is 10.2 Å². The minimum atomic E-state index is -0.414. The first-order chi connectivity index (χ1) is 7.07. The highest BCUT2D eigenvalue weighted by Gasteiger charge is 2.34. The molecular formula is C11H16N2O2. The van der Waals surface area contributed by atoms with Gasteiger partial charge >= 0.3 is 0 Å². The summed E-state index contributed by atoms with van der Waals surface area (Å²) in [4.78, 5) is 24.8. The maximum atomic E-state index is 11.7. The Bertz CT molecular complexity index is 327. The van der Waals surface area contributed by atoms with Crippen LogP contribution >= 0.6 is 0 Å². The molecule has 0 aliphatic carbocycles. The fourth-order valence-corrected chi connectivity index (χ4v) is 1.58. The molecule has 82 valence electrons. The van der Waals surface area contributed by atoms with E-state index < -0.39 is 6.04 Å². The fraction of sp³-hybridized carbons (Fsp3) is 0.636. The topological polar surface area (TPSA) is 49.4 Å². The van der Waals surface area contributed by atoms with Crippen molar-refractivity contribution < 1.29 is 9.59 Å².